The van der Waals surface area contributed by atoms with Crippen LogP contribution < -0.4 is 15.7 Å². The zero-order chi connectivity index (χ0) is 18.9. The largest absolute Gasteiger partial charge is 0.315 e. The lowest BCUT2D eigenvalue weighted by Gasteiger charge is -2.27. The second-order valence-corrected chi connectivity index (χ2v) is 10.1. The molecular formula is C18H19N6PS2. The lowest BCUT2D eigenvalue weighted by molar-refractivity contribution is 0.871. The minimum absolute atomic E-state index is 0.878. The first-order chi connectivity index (χ1) is 13.1. The third kappa shape index (κ3) is 3.66. The average Bonchev–Trinajstić information content (AvgIpc) is 3.03. The molecule has 0 amide bonds. The van der Waals surface area contributed by atoms with Gasteiger partial charge in [-0.15, -0.1) is 11.8 Å². The summed E-state index contributed by atoms with van der Waals surface area (Å²) in [5.41, 5.74) is 7.03. The van der Waals surface area contributed by atoms with Gasteiger partial charge in [0.1, 0.15) is 10.9 Å². The first-order valence-electron chi connectivity index (χ1n) is 8.36. The van der Waals surface area contributed by atoms with Crippen LogP contribution in [0.3, 0.4) is 0 Å². The highest BCUT2D eigenvalue weighted by Crippen LogP contribution is 2.50. The Bertz CT molecular complexity index is 1030. The van der Waals surface area contributed by atoms with E-state index in [-0.39, 0.29) is 0 Å². The molecule has 1 aliphatic heterocycles. The molecule has 138 valence electrons. The topological polar surface area (TPSA) is 66.3 Å². The molecule has 0 fully saturated rings. The number of benzene rings is 2. The van der Waals surface area contributed by atoms with E-state index in [9.17, 15) is 0 Å². The van der Waals surface area contributed by atoms with Gasteiger partial charge in [0.05, 0.1) is 16.9 Å². The van der Waals surface area contributed by atoms with Crippen LogP contribution >= 0.6 is 18.3 Å². The molecule has 0 saturated carbocycles. The fourth-order valence-electron chi connectivity index (χ4n) is 2.85. The summed E-state index contributed by atoms with van der Waals surface area (Å²) in [5.74, 6) is 0.878. The molecule has 0 bridgehead atoms. The summed E-state index contributed by atoms with van der Waals surface area (Å²) in [6, 6.07) is 19.9. The van der Waals surface area contributed by atoms with Crippen LogP contribution in [0.5, 0.6) is 0 Å². The fraction of sp³-hybridized carbons (Fsp3) is 0.111. The maximum Gasteiger partial charge on any atom is 0.227 e. The number of thioether (sulfide) groups is 1. The van der Waals surface area contributed by atoms with Gasteiger partial charge in [-0.2, -0.15) is 10.3 Å². The number of nitrogens with zero attached hydrogens (tertiary/aromatic N) is 3. The second-order valence-electron chi connectivity index (χ2n) is 5.96. The van der Waals surface area contributed by atoms with Crippen LogP contribution in [0.15, 0.2) is 65.4 Å². The number of nitrogens with one attached hydrogen (secondary N) is 3. The number of para-hydroxylation sites is 2. The molecule has 0 unspecified atom stereocenters. The van der Waals surface area contributed by atoms with E-state index in [1.807, 2.05) is 78.5 Å². The summed E-state index contributed by atoms with van der Waals surface area (Å²) in [6.45, 7) is -0.493. The van der Waals surface area contributed by atoms with Gasteiger partial charge in [0, 0.05) is 5.69 Å². The minimum Gasteiger partial charge on any atom is -0.315 e. The molecule has 9 heteroatoms. The third-order valence-electron chi connectivity index (χ3n) is 4.08. The molecule has 27 heavy (non-hydrogen) atoms. The zero-order valence-corrected chi connectivity index (χ0v) is 17.4. The monoisotopic (exact) mass is 414 g/mol. The maximum absolute atomic E-state index is 5.88. The Hall–Kier alpha value is -2.12. The van der Waals surface area contributed by atoms with E-state index in [0.717, 1.165) is 33.5 Å². The van der Waals surface area contributed by atoms with Crippen molar-refractivity contribution in [3.8, 4) is 5.69 Å². The third-order valence-corrected chi connectivity index (χ3v) is 7.10. The quantitative estimate of drug-likeness (QED) is 0.430. The number of aryl methyl sites for hydroxylation is 1. The second kappa shape index (κ2) is 7.48. The fourth-order valence-corrected chi connectivity index (χ4v) is 6.07. The highest BCUT2D eigenvalue weighted by Gasteiger charge is 2.31. The van der Waals surface area contributed by atoms with Crippen molar-refractivity contribution in [3.05, 3.63) is 71.9 Å². The normalized spacial score (nSPS) is 18.4. The van der Waals surface area contributed by atoms with Crippen molar-refractivity contribution in [2.45, 2.75) is 6.92 Å². The van der Waals surface area contributed by atoms with Gasteiger partial charge in [0.15, 0.2) is 0 Å². The van der Waals surface area contributed by atoms with Crippen LogP contribution in [0.2, 0.25) is 0 Å². The highest BCUT2D eigenvalue weighted by molar-refractivity contribution is 8.17. The Morgan fingerprint density at radius 2 is 1.74 bits per heavy atom. The molecule has 1 aliphatic rings. The number of hydrogen-bond acceptors (Lipinski definition) is 4. The standard InChI is InChI=1S/C18H19N6PS2/c1-13-16-17(24(20-13)15-11-7-4-8-12-15)21-25(26,22-18(16)27-2)23-19-14-9-5-3-6-10-14/h3-12,19H,1-2H3,(H2,21,22,23,26)/t25-/m1/s1. The van der Waals surface area contributed by atoms with E-state index in [0.29, 0.717) is 0 Å². The number of hydrazine groups is 1. The molecule has 3 aromatic rings. The summed E-state index contributed by atoms with van der Waals surface area (Å²) >= 11 is 7.46. The maximum atomic E-state index is 5.88. The summed E-state index contributed by atoms with van der Waals surface area (Å²) in [5, 5.41) is 12.3. The Labute approximate surface area is 167 Å². The average molecular weight is 415 g/mol. The van der Waals surface area contributed by atoms with Crippen LogP contribution in [-0.4, -0.2) is 21.1 Å². The first kappa shape index (κ1) is 18.3. The number of hydrogen-bond donors (Lipinski definition) is 3. The van der Waals surface area contributed by atoms with E-state index in [1.165, 1.54) is 0 Å². The van der Waals surface area contributed by atoms with Gasteiger partial charge in [-0.25, -0.2) is 9.44 Å². The van der Waals surface area contributed by atoms with Crippen molar-refractivity contribution >= 4 is 46.6 Å². The molecule has 6 nitrogen and oxygen atoms in total. The van der Waals surface area contributed by atoms with Gasteiger partial charge in [-0.05, 0) is 49.3 Å². The molecule has 2 aromatic carbocycles. The van der Waals surface area contributed by atoms with Gasteiger partial charge in [0.2, 0.25) is 6.49 Å². The van der Waals surface area contributed by atoms with E-state index in [2.05, 4.69) is 15.7 Å². The molecule has 0 aliphatic carbocycles. The zero-order valence-electron chi connectivity index (χ0n) is 14.9. The summed E-state index contributed by atoms with van der Waals surface area (Å²) in [4.78, 5) is 0. The van der Waals surface area contributed by atoms with E-state index in [1.54, 1.807) is 11.8 Å². The predicted octanol–water partition coefficient (Wildman–Crippen LogP) is 4.56. The van der Waals surface area contributed by atoms with E-state index >= 15 is 0 Å². The summed E-state index contributed by atoms with van der Waals surface area (Å²) in [7, 11) is 0. The van der Waals surface area contributed by atoms with Gasteiger partial charge >= 0.3 is 0 Å². The molecule has 1 aromatic heterocycles. The molecule has 3 N–H and O–H groups in total. The number of aromatic nitrogens is 2. The summed E-state index contributed by atoms with van der Waals surface area (Å²) in [6.07, 6.45) is 2.01. The first-order valence-corrected chi connectivity index (χ1v) is 12.3. The molecule has 0 saturated heterocycles. The number of fused-ring (bicyclic) bond motifs is 1. The highest BCUT2D eigenvalue weighted by atomic mass is 32.4. The van der Waals surface area contributed by atoms with Crippen molar-refractivity contribution in [1.82, 2.24) is 15.0 Å². The Morgan fingerprint density at radius 1 is 1.07 bits per heavy atom. The van der Waals surface area contributed by atoms with Crippen LogP contribution in [0.4, 0.5) is 11.5 Å². The number of anilines is 2. The molecule has 0 spiro atoms. The van der Waals surface area contributed by atoms with Gasteiger partial charge in [-0.1, -0.05) is 36.4 Å². The Morgan fingerprint density at radius 3 is 2.41 bits per heavy atom. The smallest absolute Gasteiger partial charge is 0.227 e. The van der Waals surface area contributed by atoms with Gasteiger partial charge in [-0.3, -0.25) is 0 Å². The van der Waals surface area contributed by atoms with Crippen LogP contribution in [-0.2, 0) is 11.8 Å². The van der Waals surface area contributed by atoms with Crippen molar-refractivity contribution in [2.24, 2.45) is 4.76 Å². The molecule has 2 heterocycles. The van der Waals surface area contributed by atoms with Crippen LogP contribution in [0.1, 0.15) is 11.3 Å². The van der Waals surface area contributed by atoms with Crippen molar-refractivity contribution in [2.75, 3.05) is 16.8 Å². The molecular weight excluding hydrogens is 395 g/mol. The molecule has 4 rings (SSSR count). The SMILES string of the molecule is CSC1=N[P@@](=S)(NNc2ccccc2)Nc2c1c(C)nn2-c1ccccc1. The van der Waals surface area contributed by atoms with Gasteiger partial charge < -0.3 is 10.5 Å². The van der Waals surface area contributed by atoms with Crippen molar-refractivity contribution in [1.29, 1.82) is 0 Å². The van der Waals surface area contributed by atoms with Gasteiger partial charge in [0.25, 0.3) is 0 Å². The van der Waals surface area contributed by atoms with Crippen LogP contribution in [0, 0.1) is 6.92 Å². The number of rotatable bonds is 4. The van der Waals surface area contributed by atoms with Crippen molar-refractivity contribution < 1.29 is 0 Å². The Balaban J connectivity index is 1.72. The van der Waals surface area contributed by atoms with Crippen LogP contribution in [0.25, 0.3) is 5.69 Å². The van der Waals surface area contributed by atoms with E-state index < -0.39 is 6.49 Å². The minimum atomic E-state index is -2.49. The van der Waals surface area contributed by atoms with E-state index in [4.69, 9.17) is 21.7 Å². The Kier molecular flexibility index (Phi) is 5.06. The summed E-state index contributed by atoms with van der Waals surface area (Å²) < 4.78 is 6.73. The predicted molar refractivity (Wildman–Crippen MR) is 119 cm³/mol. The molecule has 0 radical (unpaired) electrons. The lowest BCUT2D eigenvalue weighted by Crippen LogP contribution is -2.25. The lowest BCUT2D eigenvalue weighted by atomic mass is 10.2. The van der Waals surface area contributed by atoms with Crippen molar-refractivity contribution in [3.63, 3.8) is 0 Å². The molecule has 1 atom stereocenters.